The number of hydrogen-bond acceptors (Lipinski definition) is 1. The summed E-state index contributed by atoms with van der Waals surface area (Å²) in [6, 6.07) is 9.38. The van der Waals surface area contributed by atoms with E-state index in [-0.39, 0.29) is 0 Å². The van der Waals surface area contributed by atoms with Crippen molar-refractivity contribution in [2.75, 3.05) is 0 Å². The standard InChI is InChI=1S/C17H24N2/c1-13(2)18-10-16-7-8-19(11-16)12-17-9-14(3)5-6-15(17)4/h5-9,11,13,18H,10,12H2,1-4H3. The van der Waals surface area contributed by atoms with Crippen LogP contribution >= 0.6 is 0 Å². The molecule has 0 saturated carbocycles. The Hall–Kier alpha value is -1.54. The van der Waals surface area contributed by atoms with Crippen LogP contribution < -0.4 is 5.32 Å². The molecule has 0 aliphatic heterocycles. The second kappa shape index (κ2) is 6.07. The Morgan fingerprint density at radius 1 is 1.16 bits per heavy atom. The Bertz CT molecular complexity index is 538. The summed E-state index contributed by atoms with van der Waals surface area (Å²) in [5, 5.41) is 3.45. The van der Waals surface area contributed by atoms with Crippen LogP contribution in [0.1, 0.15) is 36.1 Å². The Kier molecular flexibility index (Phi) is 4.43. The van der Waals surface area contributed by atoms with Crippen molar-refractivity contribution >= 4 is 0 Å². The summed E-state index contributed by atoms with van der Waals surface area (Å²) >= 11 is 0. The number of hydrogen-bond donors (Lipinski definition) is 1. The van der Waals surface area contributed by atoms with Gasteiger partial charge in [-0.3, -0.25) is 0 Å². The third-order valence-corrected chi connectivity index (χ3v) is 3.38. The van der Waals surface area contributed by atoms with E-state index in [4.69, 9.17) is 0 Å². The van der Waals surface area contributed by atoms with Crippen LogP contribution in [0.2, 0.25) is 0 Å². The summed E-state index contributed by atoms with van der Waals surface area (Å²) in [7, 11) is 0. The van der Waals surface area contributed by atoms with E-state index in [1.807, 2.05) is 0 Å². The molecule has 2 heteroatoms. The molecule has 0 atom stereocenters. The molecule has 1 aromatic carbocycles. The summed E-state index contributed by atoms with van der Waals surface area (Å²) in [5.74, 6) is 0. The molecular formula is C17H24N2. The van der Waals surface area contributed by atoms with Crippen molar-refractivity contribution in [3.63, 3.8) is 0 Å². The summed E-state index contributed by atoms with van der Waals surface area (Å²) in [6.07, 6.45) is 4.40. The Morgan fingerprint density at radius 3 is 2.68 bits per heavy atom. The van der Waals surface area contributed by atoms with Crippen molar-refractivity contribution in [2.24, 2.45) is 0 Å². The minimum absolute atomic E-state index is 0.530. The second-order valence-electron chi connectivity index (χ2n) is 5.66. The van der Waals surface area contributed by atoms with Crippen LogP contribution in [0.4, 0.5) is 0 Å². The highest BCUT2D eigenvalue weighted by atomic mass is 14.9. The number of nitrogens with zero attached hydrogens (tertiary/aromatic N) is 1. The predicted octanol–water partition coefficient (Wildman–Crippen LogP) is 3.65. The van der Waals surface area contributed by atoms with Gasteiger partial charge < -0.3 is 9.88 Å². The molecule has 0 unspecified atom stereocenters. The van der Waals surface area contributed by atoms with Crippen molar-refractivity contribution in [1.29, 1.82) is 0 Å². The van der Waals surface area contributed by atoms with Crippen molar-refractivity contribution in [3.8, 4) is 0 Å². The highest BCUT2D eigenvalue weighted by Gasteiger charge is 2.02. The maximum Gasteiger partial charge on any atom is 0.0473 e. The molecule has 0 saturated heterocycles. The fourth-order valence-corrected chi connectivity index (χ4v) is 2.18. The first-order chi connectivity index (χ1) is 9.04. The molecule has 1 heterocycles. The van der Waals surface area contributed by atoms with Gasteiger partial charge in [-0.05, 0) is 36.6 Å². The first kappa shape index (κ1) is 13.9. The molecule has 0 aliphatic carbocycles. The van der Waals surface area contributed by atoms with Crippen LogP contribution in [0, 0.1) is 13.8 Å². The van der Waals surface area contributed by atoms with Crippen LogP contribution in [-0.4, -0.2) is 10.6 Å². The Morgan fingerprint density at radius 2 is 1.95 bits per heavy atom. The van der Waals surface area contributed by atoms with Gasteiger partial charge in [0.05, 0.1) is 0 Å². The molecule has 1 aromatic heterocycles. The van der Waals surface area contributed by atoms with Crippen LogP contribution in [-0.2, 0) is 13.1 Å². The van der Waals surface area contributed by atoms with Gasteiger partial charge in [0.25, 0.3) is 0 Å². The quantitative estimate of drug-likeness (QED) is 0.864. The lowest BCUT2D eigenvalue weighted by atomic mass is 10.1. The molecule has 0 aliphatic rings. The third-order valence-electron chi connectivity index (χ3n) is 3.38. The van der Waals surface area contributed by atoms with E-state index in [1.54, 1.807) is 0 Å². The van der Waals surface area contributed by atoms with E-state index < -0.39 is 0 Å². The van der Waals surface area contributed by atoms with Crippen molar-refractivity contribution in [3.05, 3.63) is 58.9 Å². The van der Waals surface area contributed by atoms with Gasteiger partial charge in [-0.1, -0.05) is 37.6 Å². The van der Waals surface area contributed by atoms with E-state index in [0.29, 0.717) is 6.04 Å². The first-order valence-corrected chi connectivity index (χ1v) is 6.99. The van der Waals surface area contributed by atoms with Gasteiger partial charge in [-0.25, -0.2) is 0 Å². The fraction of sp³-hybridized carbons (Fsp3) is 0.412. The van der Waals surface area contributed by atoms with E-state index in [1.165, 1.54) is 22.3 Å². The lowest BCUT2D eigenvalue weighted by Gasteiger charge is -2.09. The maximum absolute atomic E-state index is 3.45. The molecule has 102 valence electrons. The predicted molar refractivity (Wildman–Crippen MR) is 81.4 cm³/mol. The van der Waals surface area contributed by atoms with Gasteiger partial charge in [0.1, 0.15) is 0 Å². The summed E-state index contributed by atoms with van der Waals surface area (Å²) in [6.45, 7) is 10.6. The van der Waals surface area contributed by atoms with Gasteiger partial charge in [-0.15, -0.1) is 0 Å². The van der Waals surface area contributed by atoms with Crippen molar-refractivity contribution in [2.45, 2.75) is 46.8 Å². The average molecular weight is 256 g/mol. The van der Waals surface area contributed by atoms with Gasteiger partial charge in [0.2, 0.25) is 0 Å². The molecule has 0 bridgehead atoms. The zero-order valence-corrected chi connectivity index (χ0v) is 12.4. The smallest absolute Gasteiger partial charge is 0.0473 e. The van der Waals surface area contributed by atoms with Gasteiger partial charge in [-0.2, -0.15) is 0 Å². The fourth-order valence-electron chi connectivity index (χ4n) is 2.18. The van der Waals surface area contributed by atoms with Crippen LogP contribution in [0.3, 0.4) is 0 Å². The monoisotopic (exact) mass is 256 g/mol. The lowest BCUT2D eigenvalue weighted by Crippen LogP contribution is -2.21. The number of benzene rings is 1. The molecule has 0 radical (unpaired) electrons. The summed E-state index contributed by atoms with van der Waals surface area (Å²) < 4.78 is 2.26. The maximum atomic E-state index is 3.45. The van der Waals surface area contributed by atoms with E-state index in [0.717, 1.165) is 13.1 Å². The minimum Gasteiger partial charge on any atom is -0.350 e. The number of nitrogens with one attached hydrogen (secondary N) is 1. The molecule has 0 fully saturated rings. The molecular weight excluding hydrogens is 232 g/mol. The number of rotatable bonds is 5. The molecule has 1 N–H and O–H groups in total. The van der Waals surface area contributed by atoms with E-state index in [2.05, 4.69) is 74.2 Å². The van der Waals surface area contributed by atoms with Crippen molar-refractivity contribution in [1.82, 2.24) is 9.88 Å². The minimum atomic E-state index is 0.530. The number of aromatic nitrogens is 1. The van der Waals surface area contributed by atoms with E-state index >= 15 is 0 Å². The Balaban J connectivity index is 2.05. The highest BCUT2D eigenvalue weighted by molar-refractivity contribution is 5.31. The second-order valence-corrected chi connectivity index (χ2v) is 5.66. The van der Waals surface area contributed by atoms with Gasteiger partial charge >= 0.3 is 0 Å². The Labute approximate surface area is 116 Å². The highest BCUT2D eigenvalue weighted by Crippen LogP contribution is 2.13. The zero-order chi connectivity index (χ0) is 13.8. The average Bonchev–Trinajstić information content (AvgIpc) is 2.79. The molecule has 2 nitrogen and oxygen atoms in total. The van der Waals surface area contributed by atoms with Gasteiger partial charge in [0, 0.05) is 31.5 Å². The normalized spacial score (nSPS) is 11.2. The SMILES string of the molecule is Cc1ccc(C)c(Cn2ccc(CNC(C)C)c2)c1. The third kappa shape index (κ3) is 3.97. The lowest BCUT2D eigenvalue weighted by molar-refractivity contribution is 0.588. The first-order valence-electron chi connectivity index (χ1n) is 6.99. The van der Waals surface area contributed by atoms with Crippen LogP contribution in [0.15, 0.2) is 36.7 Å². The topological polar surface area (TPSA) is 17.0 Å². The number of aryl methyl sites for hydroxylation is 2. The molecule has 0 amide bonds. The summed E-state index contributed by atoms with van der Waals surface area (Å²) in [4.78, 5) is 0. The largest absolute Gasteiger partial charge is 0.350 e. The molecule has 19 heavy (non-hydrogen) atoms. The molecule has 0 spiro atoms. The van der Waals surface area contributed by atoms with E-state index in [9.17, 15) is 0 Å². The molecule has 2 rings (SSSR count). The van der Waals surface area contributed by atoms with Crippen molar-refractivity contribution < 1.29 is 0 Å². The molecule has 2 aromatic rings. The van der Waals surface area contributed by atoms with Crippen LogP contribution in [0.25, 0.3) is 0 Å². The zero-order valence-electron chi connectivity index (χ0n) is 12.4. The van der Waals surface area contributed by atoms with Gasteiger partial charge in [0.15, 0.2) is 0 Å². The van der Waals surface area contributed by atoms with Crippen LogP contribution in [0.5, 0.6) is 0 Å². The summed E-state index contributed by atoms with van der Waals surface area (Å²) in [5.41, 5.74) is 5.44.